The lowest BCUT2D eigenvalue weighted by atomic mass is 10.5. The highest BCUT2D eigenvalue weighted by atomic mass is 35.5. The first-order chi connectivity index (χ1) is 5.83. The minimum atomic E-state index is 0.391. The summed E-state index contributed by atoms with van der Waals surface area (Å²) in [6.07, 6.45) is 0. The van der Waals surface area contributed by atoms with Crippen LogP contribution in [0.1, 0.15) is 6.92 Å². The zero-order valence-electron chi connectivity index (χ0n) is 6.63. The molecule has 0 aliphatic carbocycles. The summed E-state index contributed by atoms with van der Waals surface area (Å²) < 4.78 is 0. The first-order valence-corrected chi connectivity index (χ1v) is 3.83. The highest BCUT2D eigenvalue weighted by molar-refractivity contribution is 6.29. The first-order valence-electron chi connectivity index (χ1n) is 3.45. The average molecular weight is 182 g/mol. The van der Waals surface area contributed by atoms with Crippen LogP contribution in [0.5, 0.6) is 0 Å². The molecular weight excluding hydrogens is 174 g/mol. The Labute approximate surface area is 76.2 Å². The molecule has 0 atom stereocenters. The van der Waals surface area contributed by atoms with Crippen LogP contribution < -0.4 is 5.32 Å². The Morgan fingerprint density at radius 2 is 2.33 bits per heavy atom. The van der Waals surface area contributed by atoms with E-state index < -0.39 is 0 Å². The number of nitrogens with zero attached hydrogens (tertiary/aromatic N) is 2. The van der Waals surface area contributed by atoms with Gasteiger partial charge in [0.2, 0.25) is 0 Å². The molecule has 0 aliphatic heterocycles. The topological polar surface area (TPSA) is 37.8 Å². The largest absolute Gasteiger partial charge is 0.358 e. The summed E-state index contributed by atoms with van der Waals surface area (Å²) in [5, 5.41) is 10.8. The number of anilines is 1. The number of hydrogen-bond acceptors (Lipinski definition) is 3. The zero-order valence-corrected chi connectivity index (χ0v) is 7.39. The summed E-state index contributed by atoms with van der Waals surface area (Å²) in [5.74, 6) is 6.29. The summed E-state index contributed by atoms with van der Waals surface area (Å²) in [6, 6.07) is 3.43. The van der Waals surface area contributed by atoms with E-state index in [2.05, 4.69) is 27.4 Å². The Balaban J connectivity index is 2.51. The van der Waals surface area contributed by atoms with Crippen LogP contribution in [0.3, 0.4) is 0 Å². The Kier molecular flexibility index (Phi) is 3.36. The molecule has 4 heteroatoms. The van der Waals surface area contributed by atoms with Gasteiger partial charge in [-0.2, -0.15) is 0 Å². The predicted octanol–water partition coefficient (Wildman–Crippen LogP) is 1.57. The molecule has 1 heterocycles. The van der Waals surface area contributed by atoms with Crippen molar-refractivity contribution >= 4 is 17.4 Å². The molecule has 0 spiro atoms. The third kappa shape index (κ3) is 2.77. The molecule has 1 aromatic heterocycles. The van der Waals surface area contributed by atoms with E-state index >= 15 is 0 Å². The number of nitrogens with one attached hydrogen (secondary N) is 1. The van der Waals surface area contributed by atoms with Crippen LogP contribution >= 0.6 is 11.6 Å². The van der Waals surface area contributed by atoms with Crippen molar-refractivity contribution in [3.05, 3.63) is 17.3 Å². The maximum Gasteiger partial charge on any atom is 0.151 e. The summed E-state index contributed by atoms with van der Waals surface area (Å²) in [6.45, 7) is 2.36. The summed E-state index contributed by atoms with van der Waals surface area (Å²) >= 11 is 5.54. The van der Waals surface area contributed by atoms with Gasteiger partial charge in [0.05, 0.1) is 6.54 Å². The Hall–Kier alpha value is -1.27. The van der Waals surface area contributed by atoms with Gasteiger partial charge < -0.3 is 5.32 Å². The highest BCUT2D eigenvalue weighted by Crippen LogP contribution is 2.04. The molecule has 0 fully saturated rings. The molecule has 0 unspecified atom stereocenters. The lowest BCUT2D eigenvalue weighted by molar-refractivity contribution is 1.02. The van der Waals surface area contributed by atoms with Gasteiger partial charge in [0.25, 0.3) is 0 Å². The molecule has 1 rings (SSSR count). The Bertz CT molecular complexity index is 296. The molecule has 0 saturated heterocycles. The van der Waals surface area contributed by atoms with Crippen LogP contribution in [0, 0.1) is 11.8 Å². The molecule has 0 radical (unpaired) electrons. The van der Waals surface area contributed by atoms with Crippen LogP contribution in [0.2, 0.25) is 5.15 Å². The quantitative estimate of drug-likeness (QED) is 0.704. The third-order valence-corrected chi connectivity index (χ3v) is 1.37. The number of aromatic nitrogens is 2. The second-order valence-electron chi connectivity index (χ2n) is 2.02. The second kappa shape index (κ2) is 4.58. The van der Waals surface area contributed by atoms with Gasteiger partial charge in [0.15, 0.2) is 5.15 Å². The van der Waals surface area contributed by atoms with Crippen LogP contribution in [-0.2, 0) is 0 Å². The van der Waals surface area contributed by atoms with Gasteiger partial charge in [-0.15, -0.1) is 16.1 Å². The molecule has 0 aliphatic rings. The van der Waals surface area contributed by atoms with Gasteiger partial charge >= 0.3 is 0 Å². The molecule has 0 bridgehead atoms. The van der Waals surface area contributed by atoms with Crippen LogP contribution in [0.4, 0.5) is 5.82 Å². The van der Waals surface area contributed by atoms with Crippen LogP contribution in [-0.4, -0.2) is 16.7 Å². The molecule has 12 heavy (non-hydrogen) atoms. The van der Waals surface area contributed by atoms with E-state index in [4.69, 9.17) is 11.6 Å². The fraction of sp³-hybridized carbons (Fsp3) is 0.250. The van der Waals surface area contributed by atoms with Crippen molar-refractivity contribution in [3.63, 3.8) is 0 Å². The maximum absolute atomic E-state index is 5.54. The van der Waals surface area contributed by atoms with E-state index in [-0.39, 0.29) is 0 Å². The average Bonchev–Trinajstić information content (AvgIpc) is 2.09. The van der Waals surface area contributed by atoms with Gasteiger partial charge in [0.1, 0.15) is 5.82 Å². The Morgan fingerprint density at radius 1 is 1.50 bits per heavy atom. The van der Waals surface area contributed by atoms with E-state index in [1.807, 2.05) is 0 Å². The molecule has 3 nitrogen and oxygen atoms in total. The van der Waals surface area contributed by atoms with Crippen molar-refractivity contribution in [3.8, 4) is 11.8 Å². The fourth-order valence-electron chi connectivity index (χ4n) is 0.633. The molecule has 0 amide bonds. The van der Waals surface area contributed by atoms with Crippen molar-refractivity contribution in [1.82, 2.24) is 10.2 Å². The first kappa shape index (κ1) is 8.82. The number of halogens is 1. The zero-order chi connectivity index (χ0) is 8.81. The van der Waals surface area contributed by atoms with Crippen molar-refractivity contribution < 1.29 is 0 Å². The van der Waals surface area contributed by atoms with Crippen molar-refractivity contribution in [2.24, 2.45) is 0 Å². The minimum absolute atomic E-state index is 0.391. The highest BCUT2D eigenvalue weighted by Gasteiger charge is 1.91. The minimum Gasteiger partial charge on any atom is -0.358 e. The predicted molar refractivity (Wildman–Crippen MR) is 49.0 cm³/mol. The molecule has 1 aromatic rings. The molecule has 0 aromatic carbocycles. The molecular formula is C8H8ClN3. The van der Waals surface area contributed by atoms with Crippen molar-refractivity contribution in [1.29, 1.82) is 0 Å². The molecule has 0 saturated carbocycles. The second-order valence-corrected chi connectivity index (χ2v) is 2.41. The molecule has 62 valence electrons. The summed E-state index contributed by atoms with van der Waals surface area (Å²) in [5.41, 5.74) is 0. The van der Waals surface area contributed by atoms with Gasteiger partial charge in [-0.1, -0.05) is 17.5 Å². The third-order valence-electron chi connectivity index (χ3n) is 1.17. The lowest BCUT2D eigenvalue weighted by Gasteiger charge is -1.97. The normalized spacial score (nSPS) is 8.50. The fourth-order valence-corrected chi connectivity index (χ4v) is 0.734. The number of hydrogen-bond donors (Lipinski definition) is 1. The van der Waals surface area contributed by atoms with E-state index in [0.29, 0.717) is 17.5 Å². The summed E-state index contributed by atoms with van der Waals surface area (Å²) in [7, 11) is 0. The standard InChI is InChI=1S/C8H8ClN3/c1-2-3-6-10-8-5-4-7(9)11-12-8/h4-5H,6H2,1H3,(H,10,12). The smallest absolute Gasteiger partial charge is 0.151 e. The Morgan fingerprint density at radius 3 is 2.92 bits per heavy atom. The monoisotopic (exact) mass is 181 g/mol. The van der Waals surface area contributed by atoms with Crippen LogP contribution in [0.15, 0.2) is 12.1 Å². The van der Waals surface area contributed by atoms with Crippen molar-refractivity contribution in [2.45, 2.75) is 6.92 Å². The lowest BCUT2D eigenvalue weighted by Crippen LogP contribution is -2.01. The van der Waals surface area contributed by atoms with E-state index in [0.717, 1.165) is 0 Å². The number of rotatable bonds is 2. The van der Waals surface area contributed by atoms with Gasteiger partial charge in [-0.3, -0.25) is 0 Å². The molecule has 1 N–H and O–H groups in total. The van der Waals surface area contributed by atoms with E-state index in [1.54, 1.807) is 19.1 Å². The van der Waals surface area contributed by atoms with E-state index in [1.165, 1.54) is 0 Å². The maximum atomic E-state index is 5.54. The van der Waals surface area contributed by atoms with Gasteiger partial charge in [-0.25, -0.2) is 0 Å². The van der Waals surface area contributed by atoms with Crippen LogP contribution in [0.25, 0.3) is 0 Å². The SMILES string of the molecule is CC#CCNc1ccc(Cl)nn1. The van der Waals surface area contributed by atoms with Gasteiger partial charge in [0, 0.05) is 0 Å². The summed E-state index contributed by atoms with van der Waals surface area (Å²) in [4.78, 5) is 0. The van der Waals surface area contributed by atoms with E-state index in [9.17, 15) is 0 Å². The van der Waals surface area contributed by atoms with Crippen molar-refractivity contribution in [2.75, 3.05) is 11.9 Å². The van der Waals surface area contributed by atoms with Gasteiger partial charge in [-0.05, 0) is 19.1 Å².